The Morgan fingerprint density at radius 3 is 2.52 bits per heavy atom. The van der Waals surface area contributed by atoms with E-state index in [1.807, 2.05) is 4.90 Å². The Balaban J connectivity index is 1.34. The van der Waals surface area contributed by atoms with Gasteiger partial charge >= 0.3 is 6.29 Å². The molecule has 3 heterocycles. The second-order valence-electron chi connectivity index (χ2n) is 6.21. The van der Waals surface area contributed by atoms with Gasteiger partial charge in [0.05, 0.1) is 6.42 Å². The van der Waals surface area contributed by atoms with Crippen LogP contribution in [0.3, 0.4) is 0 Å². The molecule has 4 rings (SSSR count). The zero-order chi connectivity index (χ0) is 19.0. The average Bonchev–Trinajstić information content (AvgIpc) is 2.95. The fourth-order valence-corrected chi connectivity index (χ4v) is 3.15. The summed E-state index contributed by atoms with van der Waals surface area (Å²) in [4.78, 5) is 16.3. The first-order valence-electron chi connectivity index (χ1n) is 8.30. The molecule has 27 heavy (non-hydrogen) atoms. The van der Waals surface area contributed by atoms with Gasteiger partial charge in [0.2, 0.25) is 5.91 Å². The Labute approximate surface area is 158 Å². The van der Waals surface area contributed by atoms with Crippen LogP contribution in [0.5, 0.6) is 11.5 Å². The molecule has 1 saturated heterocycles. The third-order valence-electron chi connectivity index (χ3n) is 4.40. The molecule has 7 nitrogen and oxygen atoms in total. The number of nitrogens with zero attached hydrogens (tertiary/aromatic N) is 4. The maximum atomic E-state index is 13.1. The van der Waals surface area contributed by atoms with E-state index in [1.54, 1.807) is 23.1 Å². The first kappa shape index (κ1) is 17.7. The van der Waals surface area contributed by atoms with Crippen LogP contribution in [-0.2, 0) is 11.2 Å². The number of alkyl halides is 2. The molecule has 0 saturated carbocycles. The van der Waals surface area contributed by atoms with E-state index >= 15 is 0 Å². The van der Waals surface area contributed by atoms with Crippen LogP contribution >= 0.6 is 11.6 Å². The van der Waals surface area contributed by atoms with E-state index in [9.17, 15) is 13.6 Å². The van der Waals surface area contributed by atoms with Crippen LogP contribution in [0.25, 0.3) is 0 Å². The molecule has 0 spiro atoms. The number of amides is 1. The molecule has 142 valence electrons. The molecule has 0 atom stereocenters. The minimum absolute atomic E-state index is 0.0334. The largest absolute Gasteiger partial charge is 0.586 e. The number of anilines is 1. The molecule has 0 radical (unpaired) electrons. The number of aromatic nitrogens is 2. The minimum Gasteiger partial charge on any atom is -0.395 e. The van der Waals surface area contributed by atoms with Crippen molar-refractivity contribution in [2.24, 2.45) is 0 Å². The number of benzene rings is 1. The predicted molar refractivity (Wildman–Crippen MR) is 92.2 cm³/mol. The van der Waals surface area contributed by atoms with E-state index in [0.717, 1.165) is 0 Å². The molecule has 2 aromatic rings. The molecule has 0 bridgehead atoms. The van der Waals surface area contributed by atoms with Crippen molar-refractivity contribution in [3.8, 4) is 11.5 Å². The number of hydrogen-bond donors (Lipinski definition) is 0. The number of carbonyl (C=O) groups excluding carboxylic acids is 1. The van der Waals surface area contributed by atoms with E-state index in [2.05, 4.69) is 19.7 Å². The van der Waals surface area contributed by atoms with Crippen molar-refractivity contribution in [2.45, 2.75) is 12.7 Å². The van der Waals surface area contributed by atoms with Gasteiger partial charge < -0.3 is 19.3 Å². The molecule has 2 aliphatic heterocycles. The van der Waals surface area contributed by atoms with Gasteiger partial charge in [0.15, 0.2) is 22.5 Å². The SMILES string of the molecule is O=C(Cc1ccc2c(c1)OC(F)(F)O2)N1CCN(c2ccc(Cl)nn2)CC1. The molecule has 1 fully saturated rings. The van der Waals surface area contributed by atoms with Crippen LogP contribution in [-0.4, -0.2) is 53.5 Å². The Morgan fingerprint density at radius 1 is 1.07 bits per heavy atom. The third-order valence-corrected chi connectivity index (χ3v) is 4.60. The summed E-state index contributed by atoms with van der Waals surface area (Å²) in [5, 5.41) is 8.19. The lowest BCUT2D eigenvalue weighted by Crippen LogP contribution is -2.49. The van der Waals surface area contributed by atoms with Gasteiger partial charge in [-0.3, -0.25) is 4.79 Å². The quantitative estimate of drug-likeness (QED) is 0.793. The topological polar surface area (TPSA) is 67.8 Å². The van der Waals surface area contributed by atoms with Crippen LogP contribution in [0.15, 0.2) is 30.3 Å². The van der Waals surface area contributed by atoms with Crippen LogP contribution in [0.2, 0.25) is 5.15 Å². The fraction of sp³-hybridized carbons (Fsp3) is 0.353. The van der Waals surface area contributed by atoms with Gasteiger partial charge in [-0.2, -0.15) is 0 Å². The number of fused-ring (bicyclic) bond motifs is 1. The van der Waals surface area contributed by atoms with E-state index < -0.39 is 6.29 Å². The van der Waals surface area contributed by atoms with E-state index in [4.69, 9.17) is 11.6 Å². The van der Waals surface area contributed by atoms with Crippen molar-refractivity contribution in [3.05, 3.63) is 41.0 Å². The van der Waals surface area contributed by atoms with Gasteiger partial charge in [-0.25, -0.2) is 0 Å². The molecule has 1 amide bonds. The van der Waals surface area contributed by atoms with Crippen LogP contribution < -0.4 is 14.4 Å². The Morgan fingerprint density at radius 2 is 1.81 bits per heavy atom. The zero-order valence-corrected chi connectivity index (χ0v) is 14.8. The predicted octanol–water partition coefficient (Wildman–Crippen LogP) is 2.34. The van der Waals surface area contributed by atoms with Crippen molar-refractivity contribution >= 4 is 23.3 Å². The lowest BCUT2D eigenvalue weighted by molar-refractivity contribution is -0.286. The lowest BCUT2D eigenvalue weighted by atomic mass is 10.1. The zero-order valence-electron chi connectivity index (χ0n) is 14.1. The standard InChI is InChI=1S/C17H15ClF2N4O3/c18-14-3-4-15(22-21-14)23-5-7-24(8-6-23)16(25)10-11-1-2-12-13(9-11)27-17(19,20)26-12/h1-4,9H,5-8,10H2. The van der Waals surface area contributed by atoms with Gasteiger partial charge in [0.25, 0.3) is 0 Å². The molecular weight excluding hydrogens is 382 g/mol. The van der Waals surface area contributed by atoms with Gasteiger partial charge in [0.1, 0.15) is 0 Å². The summed E-state index contributed by atoms with van der Waals surface area (Å²) in [5.74, 6) is 0.538. The summed E-state index contributed by atoms with van der Waals surface area (Å²) >= 11 is 5.74. The monoisotopic (exact) mass is 396 g/mol. The normalized spacial score (nSPS) is 17.9. The van der Waals surface area contributed by atoms with E-state index in [1.165, 1.54) is 12.1 Å². The molecule has 1 aromatic heterocycles. The van der Waals surface area contributed by atoms with Gasteiger partial charge in [-0.05, 0) is 29.8 Å². The summed E-state index contributed by atoms with van der Waals surface area (Å²) in [6, 6.07) is 7.84. The summed E-state index contributed by atoms with van der Waals surface area (Å²) in [7, 11) is 0. The van der Waals surface area contributed by atoms with Crippen molar-refractivity contribution in [1.29, 1.82) is 0 Å². The van der Waals surface area contributed by atoms with E-state index in [0.29, 0.717) is 42.7 Å². The summed E-state index contributed by atoms with van der Waals surface area (Å²) < 4.78 is 34.9. The van der Waals surface area contributed by atoms with Gasteiger partial charge in [0, 0.05) is 26.2 Å². The molecule has 0 aliphatic carbocycles. The Kier molecular flexibility index (Phi) is 4.47. The van der Waals surface area contributed by atoms with Crippen molar-refractivity contribution < 1.29 is 23.0 Å². The van der Waals surface area contributed by atoms with Gasteiger partial charge in [-0.15, -0.1) is 19.0 Å². The van der Waals surface area contributed by atoms with Crippen molar-refractivity contribution in [1.82, 2.24) is 15.1 Å². The van der Waals surface area contributed by atoms with Crippen LogP contribution in [0, 0.1) is 0 Å². The van der Waals surface area contributed by atoms with Gasteiger partial charge in [-0.1, -0.05) is 17.7 Å². The highest BCUT2D eigenvalue weighted by molar-refractivity contribution is 6.29. The Bertz CT molecular complexity index is 858. The molecule has 10 heteroatoms. The maximum Gasteiger partial charge on any atom is 0.586 e. The molecular formula is C17H15ClF2N4O3. The second kappa shape index (κ2) is 6.80. The number of carbonyl (C=O) groups is 1. The van der Waals surface area contributed by atoms with Crippen molar-refractivity contribution in [2.75, 3.05) is 31.1 Å². The molecule has 0 N–H and O–H groups in total. The summed E-state index contributed by atoms with van der Waals surface area (Å²) in [5.41, 5.74) is 0.589. The van der Waals surface area contributed by atoms with Crippen LogP contribution in [0.1, 0.15) is 5.56 Å². The summed E-state index contributed by atoms with van der Waals surface area (Å²) in [6.07, 6.45) is -3.56. The maximum absolute atomic E-state index is 13.1. The number of piperazine rings is 1. The summed E-state index contributed by atoms with van der Waals surface area (Å²) in [6.45, 7) is 2.31. The number of rotatable bonds is 3. The van der Waals surface area contributed by atoms with Crippen LogP contribution in [0.4, 0.5) is 14.6 Å². The minimum atomic E-state index is -3.66. The second-order valence-corrected chi connectivity index (χ2v) is 6.59. The number of hydrogen-bond acceptors (Lipinski definition) is 6. The first-order chi connectivity index (χ1) is 12.9. The first-order valence-corrected chi connectivity index (χ1v) is 8.68. The fourth-order valence-electron chi connectivity index (χ4n) is 3.05. The molecule has 1 aromatic carbocycles. The highest BCUT2D eigenvalue weighted by Crippen LogP contribution is 2.41. The molecule has 0 unspecified atom stereocenters. The van der Waals surface area contributed by atoms with E-state index in [-0.39, 0.29) is 23.8 Å². The number of ether oxygens (including phenoxy) is 2. The smallest absolute Gasteiger partial charge is 0.395 e. The van der Waals surface area contributed by atoms with Crippen molar-refractivity contribution in [3.63, 3.8) is 0 Å². The molecule has 2 aliphatic rings. The average molecular weight is 397 g/mol. The number of halogens is 3. The third kappa shape index (κ3) is 3.87. The Hall–Kier alpha value is -2.68. The highest BCUT2D eigenvalue weighted by atomic mass is 35.5. The highest BCUT2D eigenvalue weighted by Gasteiger charge is 2.43. The lowest BCUT2D eigenvalue weighted by Gasteiger charge is -2.35.